The lowest BCUT2D eigenvalue weighted by Gasteiger charge is -2.21. The van der Waals surface area contributed by atoms with Gasteiger partial charge in [0.25, 0.3) is 0 Å². The molecule has 3 N–H and O–H groups in total. The molecule has 0 saturated heterocycles. The smallest absolute Gasteiger partial charge is 0.462 e. The summed E-state index contributed by atoms with van der Waals surface area (Å²) in [5.74, 6) is -0.690. The molecule has 0 aromatic heterocycles. The fraction of sp³-hybridized carbons (Fsp3) is 0.938. The van der Waals surface area contributed by atoms with E-state index in [1.165, 1.54) is 135 Å². The van der Waals surface area contributed by atoms with Gasteiger partial charge in [0, 0.05) is 25.7 Å². The SMILES string of the molecule is CCCCCCCCCCCCCCC(=O)O[C@H](COC(=O)CCCCCCCCCCC(C)C)COP(=O)(O)OC[C@@H](O)COP(=O)(O)OC[C@@H](COC(=O)CCCCCCCCCCC)OC(=O)CCCCCCCCCCC(C)C. The highest BCUT2D eigenvalue weighted by Gasteiger charge is 2.30. The Morgan fingerprint density at radius 2 is 0.554 bits per heavy atom. The summed E-state index contributed by atoms with van der Waals surface area (Å²) in [6.45, 7) is 9.41. The van der Waals surface area contributed by atoms with Gasteiger partial charge < -0.3 is 33.8 Å². The largest absolute Gasteiger partial charge is 0.472 e. The van der Waals surface area contributed by atoms with Crippen LogP contribution in [0.2, 0.25) is 0 Å². The Balaban J connectivity index is 5.24. The number of rotatable bonds is 63. The lowest BCUT2D eigenvalue weighted by molar-refractivity contribution is -0.161. The van der Waals surface area contributed by atoms with Crippen molar-refractivity contribution < 1.29 is 80.2 Å². The van der Waals surface area contributed by atoms with Crippen LogP contribution < -0.4 is 0 Å². The van der Waals surface area contributed by atoms with Gasteiger partial charge in [-0.25, -0.2) is 9.13 Å². The van der Waals surface area contributed by atoms with Crippen molar-refractivity contribution in [2.45, 2.75) is 336 Å². The summed E-state index contributed by atoms with van der Waals surface area (Å²) in [6, 6.07) is 0. The highest BCUT2D eigenvalue weighted by molar-refractivity contribution is 7.47. The van der Waals surface area contributed by atoms with Gasteiger partial charge in [-0.15, -0.1) is 0 Å². The Kier molecular flexibility index (Phi) is 55.2. The first kappa shape index (κ1) is 81.1. The maximum Gasteiger partial charge on any atom is 0.472 e. The fourth-order valence-electron chi connectivity index (χ4n) is 9.53. The first-order valence-corrected chi connectivity index (χ1v) is 36.5. The first-order chi connectivity index (χ1) is 39.9. The van der Waals surface area contributed by atoms with Gasteiger partial charge in [0.1, 0.15) is 19.3 Å². The quantitative estimate of drug-likeness (QED) is 0.0222. The van der Waals surface area contributed by atoms with Crippen LogP contribution in [-0.4, -0.2) is 96.7 Å². The van der Waals surface area contributed by atoms with Gasteiger partial charge in [0.15, 0.2) is 12.2 Å². The van der Waals surface area contributed by atoms with E-state index in [9.17, 15) is 43.2 Å². The molecular weight excluding hydrogens is 1100 g/mol. The first-order valence-electron chi connectivity index (χ1n) is 33.5. The molecular formula is C64H124O17P2. The maximum absolute atomic E-state index is 13.0. The van der Waals surface area contributed by atoms with Crippen molar-refractivity contribution in [2.24, 2.45) is 11.8 Å². The minimum absolute atomic E-state index is 0.104. The van der Waals surface area contributed by atoms with Crippen molar-refractivity contribution in [1.82, 2.24) is 0 Å². The number of carbonyl (C=O) groups is 4. The van der Waals surface area contributed by atoms with E-state index in [-0.39, 0.29) is 25.7 Å². The molecule has 0 saturated carbocycles. The van der Waals surface area contributed by atoms with Crippen LogP contribution in [0.15, 0.2) is 0 Å². The van der Waals surface area contributed by atoms with Crippen LogP contribution in [-0.2, 0) is 65.4 Å². The Labute approximate surface area is 505 Å². The summed E-state index contributed by atoms with van der Waals surface area (Å²) in [5, 5.41) is 10.5. The predicted octanol–water partition coefficient (Wildman–Crippen LogP) is 17.7. The minimum atomic E-state index is -4.94. The Morgan fingerprint density at radius 1 is 0.325 bits per heavy atom. The molecule has 5 atom stereocenters. The van der Waals surface area contributed by atoms with Gasteiger partial charge in [-0.1, -0.05) is 266 Å². The highest BCUT2D eigenvalue weighted by Crippen LogP contribution is 2.45. The van der Waals surface area contributed by atoms with E-state index < -0.39 is 97.5 Å². The third kappa shape index (κ3) is 58.8. The van der Waals surface area contributed by atoms with Gasteiger partial charge in [0.2, 0.25) is 0 Å². The number of hydrogen-bond acceptors (Lipinski definition) is 15. The molecule has 0 amide bonds. The van der Waals surface area contributed by atoms with Crippen molar-refractivity contribution in [3.8, 4) is 0 Å². The van der Waals surface area contributed by atoms with Crippen molar-refractivity contribution in [3.05, 3.63) is 0 Å². The second-order valence-electron chi connectivity index (χ2n) is 24.1. The molecule has 0 radical (unpaired) electrons. The molecule has 2 unspecified atom stereocenters. The van der Waals surface area contributed by atoms with Crippen molar-refractivity contribution >= 4 is 39.5 Å². The van der Waals surface area contributed by atoms with Crippen LogP contribution in [0, 0.1) is 11.8 Å². The zero-order valence-corrected chi connectivity index (χ0v) is 55.3. The van der Waals surface area contributed by atoms with Crippen molar-refractivity contribution in [3.63, 3.8) is 0 Å². The number of unbranched alkanes of at least 4 members (excludes halogenated alkanes) is 33. The molecule has 492 valence electrons. The maximum atomic E-state index is 13.0. The Morgan fingerprint density at radius 3 is 0.819 bits per heavy atom. The van der Waals surface area contributed by atoms with E-state index in [1.807, 2.05) is 0 Å². The zero-order chi connectivity index (χ0) is 61.5. The molecule has 0 aliphatic carbocycles. The number of hydrogen-bond donors (Lipinski definition) is 3. The number of ether oxygens (including phenoxy) is 4. The molecule has 0 spiro atoms. The van der Waals surface area contributed by atoms with Gasteiger partial charge in [-0.3, -0.25) is 37.3 Å². The van der Waals surface area contributed by atoms with E-state index in [2.05, 4.69) is 41.5 Å². The molecule has 0 bridgehead atoms. The van der Waals surface area contributed by atoms with E-state index in [4.69, 9.17) is 37.0 Å². The third-order valence-electron chi connectivity index (χ3n) is 14.7. The minimum Gasteiger partial charge on any atom is -0.462 e. The Hall–Kier alpha value is -1.94. The third-order valence-corrected chi connectivity index (χ3v) is 16.6. The van der Waals surface area contributed by atoms with Crippen molar-refractivity contribution in [2.75, 3.05) is 39.6 Å². The van der Waals surface area contributed by atoms with Crippen LogP contribution in [0.25, 0.3) is 0 Å². The second-order valence-corrected chi connectivity index (χ2v) is 27.0. The number of esters is 4. The molecule has 0 aliphatic rings. The summed E-state index contributed by atoms with van der Waals surface area (Å²) in [5.41, 5.74) is 0. The average Bonchev–Trinajstić information content (AvgIpc) is 3.44. The topological polar surface area (TPSA) is 237 Å². The van der Waals surface area contributed by atoms with E-state index in [1.54, 1.807) is 0 Å². The molecule has 0 rings (SSSR count). The lowest BCUT2D eigenvalue weighted by Crippen LogP contribution is -2.30. The summed E-state index contributed by atoms with van der Waals surface area (Å²) >= 11 is 0. The fourth-order valence-corrected chi connectivity index (χ4v) is 11.1. The van der Waals surface area contributed by atoms with Crippen LogP contribution in [0.3, 0.4) is 0 Å². The van der Waals surface area contributed by atoms with Crippen LogP contribution >= 0.6 is 15.6 Å². The molecule has 0 aromatic carbocycles. The van der Waals surface area contributed by atoms with Crippen LogP contribution in [0.4, 0.5) is 0 Å². The average molecular weight is 1230 g/mol. The number of aliphatic hydroxyl groups excluding tert-OH is 1. The number of carbonyl (C=O) groups excluding carboxylic acids is 4. The highest BCUT2D eigenvalue weighted by atomic mass is 31.2. The van der Waals surface area contributed by atoms with Gasteiger partial charge >= 0.3 is 39.5 Å². The lowest BCUT2D eigenvalue weighted by atomic mass is 10.0. The van der Waals surface area contributed by atoms with Crippen LogP contribution in [0.1, 0.15) is 318 Å². The van der Waals surface area contributed by atoms with E-state index >= 15 is 0 Å². The molecule has 0 heterocycles. The second kappa shape index (κ2) is 56.6. The monoisotopic (exact) mass is 1230 g/mol. The number of phosphoric acid groups is 2. The Bertz CT molecular complexity index is 1630. The molecule has 83 heavy (non-hydrogen) atoms. The summed E-state index contributed by atoms with van der Waals surface area (Å²) in [6.07, 6.45) is 38.9. The van der Waals surface area contributed by atoms with E-state index in [0.29, 0.717) is 25.7 Å². The summed E-state index contributed by atoms with van der Waals surface area (Å²) < 4.78 is 68.0. The van der Waals surface area contributed by atoms with Crippen LogP contribution in [0.5, 0.6) is 0 Å². The molecule has 0 aliphatic heterocycles. The predicted molar refractivity (Wildman–Crippen MR) is 331 cm³/mol. The zero-order valence-electron chi connectivity index (χ0n) is 53.5. The van der Waals surface area contributed by atoms with E-state index in [0.717, 1.165) is 102 Å². The van der Waals surface area contributed by atoms with Crippen molar-refractivity contribution in [1.29, 1.82) is 0 Å². The van der Waals surface area contributed by atoms with Gasteiger partial charge in [0.05, 0.1) is 26.4 Å². The molecule has 0 fully saturated rings. The summed E-state index contributed by atoms with van der Waals surface area (Å²) in [4.78, 5) is 72.2. The molecule has 0 aromatic rings. The standard InChI is InChI=1S/C64H124O17P2/c1-7-9-11-13-15-17-18-19-21-30-36-42-48-63(68)80-59(53-75-62(67)47-41-35-29-24-22-26-32-38-44-56(3)4)54-78-82(70,71)76-50-58(65)51-77-83(72,73)79-55-60(52-74-61(66)46-40-34-28-20-16-14-12-10-8-2)81-64(69)49-43-37-31-25-23-27-33-39-45-57(5)6/h56-60,65H,7-55H2,1-6H3,(H,70,71)(H,72,73)/t58-,59-,60-/m1/s1. The van der Waals surface area contributed by atoms with Gasteiger partial charge in [-0.2, -0.15) is 0 Å². The number of phosphoric ester groups is 2. The number of aliphatic hydroxyl groups is 1. The normalized spacial score (nSPS) is 14.3. The molecule has 19 heteroatoms. The summed E-state index contributed by atoms with van der Waals surface area (Å²) in [7, 11) is -9.88. The molecule has 17 nitrogen and oxygen atoms in total. The van der Waals surface area contributed by atoms with Gasteiger partial charge in [-0.05, 0) is 37.5 Å².